The monoisotopic (exact) mass is 278 g/mol. The van der Waals surface area contributed by atoms with Crippen LogP contribution in [-0.4, -0.2) is 33.8 Å². The van der Waals surface area contributed by atoms with E-state index in [1.807, 2.05) is 13.8 Å². The average molecular weight is 278 g/mol. The van der Waals surface area contributed by atoms with Crippen LogP contribution in [0.2, 0.25) is 0 Å². The summed E-state index contributed by atoms with van der Waals surface area (Å²) >= 11 is 0. The van der Waals surface area contributed by atoms with Crippen LogP contribution in [0.1, 0.15) is 48.3 Å². The molecule has 0 bridgehead atoms. The van der Waals surface area contributed by atoms with Crippen LogP contribution in [0.3, 0.4) is 0 Å². The summed E-state index contributed by atoms with van der Waals surface area (Å²) in [7, 11) is 0. The molecule has 1 aliphatic rings. The third kappa shape index (κ3) is 3.10. The number of hydrogen-bond acceptors (Lipinski definition) is 4. The molecule has 3 N–H and O–H groups in total. The van der Waals surface area contributed by atoms with E-state index in [1.54, 1.807) is 6.07 Å². The van der Waals surface area contributed by atoms with Crippen molar-refractivity contribution in [3.05, 3.63) is 22.9 Å². The molecule has 1 aromatic rings. The summed E-state index contributed by atoms with van der Waals surface area (Å²) in [5, 5.41) is 21.7. The minimum absolute atomic E-state index is 0.0350. The molecule has 5 nitrogen and oxygen atoms in total. The van der Waals surface area contributed by atoms with Gasteiger partial charge in [-0.15, -0.1) is 0 Å². The van der Waals surface area contributed by atoms with Crippen LogP contribution in [0.15, 0.2) is 6.07 Å². The van der Waals surface area contributed by atoms with E-state index in [0.29, 0.717) is 5.82 Å². The fraction of sp³-hybridized carbons (Fsp3) is 0.600. The van der Waals surface area contributed by atoms with E-state index in [4.69, 9.17) is 0 Å². The Bertz CT molecular complexity index is 502. The van der Waals surface area contributed by atoms with Crippen molar-refractivity contribution in [3.63, 3.8) is 0 Å². The predicted molar refractivity (Wildman–Crippen MR) is 77.2 cm³/mol. The number of aromatic nitrogens is 1. The summed E-state index contributed by atoms with van der Waals surface area (Å²) in [6.07, 6.45) is 4.02. The van der Waals surface area contributed by atoms with Gasteiger partial charge in [0.25, 0.3) is 0 Å². The van der Waals surface area contributed by atoms with Crippen LogP contribution in [0.5, 0.6) is 0 Å². The number of nitrogens with one attached hydrogen (secondary N) is 1. The van der Waals surface area contributed by atoms with E-state index in [1.165, 1.54) is 0 Å². The van der Waals surface area contributed by atoms with E-state index in [0.717, 1.165) is 36.9 Å². The topological polar surface area (TPSA) is 82.5 Å². The number of hydrogen-bond donors (Lipinski definition) is 3. The van der Waals surface area contributed by atoms with Gasteiger partial charge >= 0.3 is 5.97 Å². The number of aryl methyl sites for hydroxylation is 2. The summed E-state index contributed by atoms with van der Waals surface area (Å²) < 4.78 is 0. The molecule has 5 heteroatoms. The number of aliphatic hydroxyl groups is 1. The highest BCUT2D eigenvalue weighted by Crippen LogP contribution is 2.25. The summed E-state index contributed by atoms with van der Waals surface area (Å²) in [4.78, 5) is 15.9. The van der Waals surface area contributed by atoms with Crippen LogP contribution in [0.4, 0.5) is 5.82 Å². The largest absolute Gasteiger partial charge is 0.478 e. The predicted octanol–water partition coefficient (Wildman–Crippen LogP) is 2.09. The molecule has 2 unspecified atom stereocenters. The minimum Gasteiger partial charge on any atom is -0.478 e. The molecule has 110 valence electrons. The van der Waals surface area contributed by atoms with Crippen LogP contribution < -0.4 is 5.32 Å². The molecule has 0 aliphatic heterocycles. The van der Waals surface area contributed by atoms with Crippen molar-refractivity contribution < 1.29 is 15.0 Å². The van der Waals surface area contributed by atoms with E-state index in [-0.39, 0.29) is 24.1 Å². The van der Waals surface area contributed by atoms with Gasteiger partial charge in [-0.25, -0.2) is 9.78 Å². The number of aliphatic hydroxyl groups excluding tert-OH is 1. The molecule has 0 spiro atoms. The second-order valence-corrected chi connectivity index (χ2v) is 5.60. The Labute approximate surface area is 119 Å². The molecule has 1 aromatic heterocycles. The van der Waals surface area contributed by atoms with Crippen molar-refractivity contribution in [2.24, 2.45) is 5.92 Å². The van der Waals surface area contributed by atoms with E-state index < -0.39 is 5.97 Å². The van der Waals surface area contributed by atoms with Crippen molar-refractivity contribution in [2.75, 3.05) is 11.9 Å². The highest BCUT2D eigenvalue weighted by atomic mass is 16.4. The molecule has 0 fully saturated rings. The summed E-state index contributed by atoms with van der Waals surface area (Å²) in [5.41, 5.74) is 2.29. The quantitative estimate of drug-likeness (QED) is 0.768. The molecule has 0 aromatic carbocycles. The Balaban J connectivity index is 2.32. The first kappa shape index (κ1) is 14.8. The zero-order chi connectivity index (χ0) is 14.7. The number of pyridine rings is 1. The molecule has 2 atom stereocenters. The Morgan fingerprint density at radius 2 is 2.10 bits per heavy atom. The van der Waals surface area contributed by atoms with Crippen LogP contribution in [-0.2, 0) is 12.8 Å². The van der Waals surface area contributed by atoms with Crippen LogP contribution in [0.25, 0.3) is 0 Å². The third-order valence-corrected chi connectivity index (χ3v) is 4.04. The Morgan fingerprint density at radius 1 is 1.40 bits per heavy atom. The number of nitrogens with zero attached hydrogens (tertiary/aromatic N) is 1. The first-order valence-electron chi connectivity index (χ1n) is 7.16. The van der Waals surface area contributed by atoms with Gasteiger partial charge in [-0.2, -0.15) is 0 Å². The van der Waals surface area contributed by atoms with Crippen LogP contribution in [0, 0.1) is 5.92 Å². The highest BCUT2D eigenvalue weighted by Gasteiger charge is 2.21. The smallest absolute Gasteiger partial charge is 0.339 e. The summed E-state index contributed by atoms with van der Waals surface area (Å²) in [5.74, 6) is -0.502. The standard InChI is InChI=1S/C15H22N2O3/c1-9(8-18)10(2)16-14-12(15(19)20)7-11-5-3-4-6-13(11)17-14/h7,9-10,18H,3-6,8H2,1-2H3,(H,16,17)(H,19,20). The van der Waals surface area contributed by atoms with E-state index in [2.05, 4.69) is 10.3 Å². The average Bonchev–Trinajstić information content (AvgIpc) is 2.45. The Kier molecular flexibility index (Phi) is 4.60. The third-order valence-electron chi connectivity index (χ3n) is 4.04. The maximum absolute atomic E-state index is 11.4. The van der Waals surface area contributed by atoms with Gasteiger partial charge in [0.05, 0.1) is 0 Å². The summed E-state index contributed by atoms with van der Waals surface area (Å²) in [6, 6.07) is 1.72. The first-order valence-corrected chi connectivity index (χ1v) is 7.16. The van der Waals surface area contributed by atoms with Crippen molar-refractivity contribution >= 4 is 11.8 Å². The lowest BCUT2D eigenvalue weighted by Gasteiger charge is -2.23. The molecule has 20 heavy (non-hydrogen) atoms. The zero-order valence-electron chi connectivity index (χ0n) is 12.0. The van der Waals surface area contributed by atoms with E-state index >= 15 is 0 Å². The maximum atomic E-state index is 11.4. The lowest BCUT2D eigenvalue weighted by molar-refractivity contribution is 0.0697. The van der Waals surface area contributed by atoms with Crippen molar-refractivity contribution in [1.82, 2.24) is 4.98 Å². The second-order valence-electron chi connectivity index (χ2n) is 5.60. The molecule has 0 saturated carbocycles. The molecule has 0 amide bonds. The molecular formula is C15H22N2O3. The van der Waals surface area contributed by atoms with Gasteiger partial charge < -0.3 is 15.5 Å². The Hall–Kier alpha value is -1.62. The number of fused-ring (bicyclic) bond motifs is 1. The summed E-state index contributed by atoms with van der Waals surface area (Å²) in [6.45, 7) is 3.89. The normalized spacial score (nSPS) is 17.1. The van der Waals surface area contributed by atoms with Crippen molar-refractivity contribution in [2.45, 2.75) is 45.6 Å². The molecular weight excluding hydrogens is 256 g/mol. The molecule has 0 saturated heterocycles. The minimum atomic E-state index is -0.961. The maximum Gasteiger partial charge on any atom is 0.339 e. The number of carboxylic acids is 1. The van der Waals surface area contributed by atoms with Gasteiger partial charge in [0, 0.05) is 18.3 Å². The number of carbonyl (C=O) groups is 1. The molecule has 1 aliphatic carbocycles. The highest BCUT2D eigenvalue weighted by molar-refractivity contribution is 5.93. The number of carboxylic acid groups (broad SMARTS) is 1. The van der Waals surface area contributed by atoms with Crippen molar-refractivity contribution in [3.8, 4) is 0 Å². The molecule has 1 heterocycles. The molecule has 0 radical (unpaired) electrons. The molecule has 2 rings (SSSR count). The first-order chi connectivity index (χ1) is 9.52. The fourth-order valence-electron chi connectivity index (χ4n) is 2.42. The fourth-order valence-corrected chi connectivity index (χ4v) is 2.42. The lowest BCUT2D eigenvalue weighted by atomic mass is 9.94. The number of anilines is 1. The SMILES string of the molecule is CC(CO)C(C)Nc1nc2c(cc1C(=O)O)CCCC2. The second kappa shape index (κ2) is 6.22. The zero-order valence-corrected chi connectivity index (χ0v) is 12.0. The van der Waals surface area contributed by atoms with Crippen LogP contribution >= 0.6 is 0 Å². The van der Waals surface area contributed by atoms with Gasteiger partial charge in [-0.05, 0) is 50.2 Å². The van der Waals surface area contributed by atoms with Gasteiger partial charge in [0.1, 0.15) is 11.4 Å². The van der Waals surface area contributed by atoms with Crippen molar-refractivity contribution in [1.29, 1.82) is 0 Å². The number of aromatic carboxylic acids is 1. The van der Waals surface area contributed by atoms with Gasteiger partial charge in [0.2, 0.25) is 0 Å². The Morgan fingerprint density at radius 3 is 2.75 bits per heavy atom. The van der Waals surface area contributed by atoms with E-state index in [9.17, 15) is 15.0 Å². The van der Waals surface area contributed by atoms with Gasteiger partial charge in [-0.1, -0.05) is 6.92 Å². The lowest BCUT2D eigenvalue weighted by Crippen LogP contribution is -2.28. The number of rotatable bonds is 5. The van der Waals surface area contributed by atoms with Gasteiger partial charge in [0.15, 0.2) is 0 Å². The van der Waals surface area contributed by atoms with Gasteiger partial charge in [-0.3, -0.25) is 0 Å².